The summed E-state index contributed by atoms with van der Waals surface area (Å²) < 4.78 is 77.1. The molecule has 11 heteroatoms. The van der Waals surface area contributed by atoms with Crippen molar-refractivity contribution in [1.29, 1.82) is 0 Å². The van der Waals surface area contributed by atoms with E-state index in [0.717, 1.165) is 12.1 Å². The molecule has 32 heavy (non-hydrogen) atoms. The molecule has 0 aromatic heterocycles. The minimum absolute atomic E-state index is 0.118. The second-order valence-electron chi connectivity index (χ2n) is 7.33. The first-order chi connectivity index (χ1) is 14.9. The van der Waals surface area contributed by atoms with Gasteiger partial charge in [-0.3, -0.25) is 4.79 Å². The Morgan fingerprint density at radius 1 is 1.28 bits per heavy atom. The number of hydrogen-bond donors (Lipinski definition) is 1. The Morgan fingerprint density at radius 3 is 2.66 bits per heavy atom. The van der Waals surface area contributed by atoms with Gasteiger partial charge in [0.15, 0.2) is 5.78 Å². The van der Waals surface area contributed by atoms with Gasteiger partial charge in [0, 0.05) is 5.56 Å². The fourth-order valence-corrected chi connectivity index (χ4v) is 4.29. The van der Waals surface area contributed by atoms with Crippen LogP contribution in [0.2, 0.25) is 5.02 Å². The number of sulfonamides is 1. The van der Waals surface area contributed by atoms with Gasteiger partial charge in [0.1, 0.15) is 24.2 Å². The monoisotopic (exact) mass is 491 g/mol. The summed E-state index contributed by atoms with van der Waals surface area (Å²) in [5.41, 5.74) is -0.424. The van der Waals surface area contributed by atoms with Crippen molar-refractivity contribution >= 4 is 27.4 Å². The normalized spacial score (nSPS) is 17.4. The van der Waals surface area contributed by atoms with Crippen molar-refractivity contribution in [2.45, 2.75) is 38.6 Å². The number of halogens is 4. The van der Waals surface area contributed by atoms with Crippen molar-refractivity contribution in [2.24, 2.45) is 0 Å². The molecule has 2 aromatic rings. The Bertz CT molecular complexity index is 1120. The first-order valence-electron chi connectivity index (χ1n) is 9.73. The van der Waals surface area contributed by atoms with Crippen LogP contribution in [0.5, 0.6) is 11.5 Å². The highest BCUT2D eigenvalue weighted by molar-refractivity contribution is 7.89. The summed E-state index contributed by atoms with van der Waals surface area (Å²) in [7, 11) is -3.52. The molecule has 0 aliphatic carbocycles. The Labute approximate surface area is 188 Å². The van der Waals surface area contributed by atoms with Crippen LogP contribution in [0.3, 0.4) is 0 Å². The number of hydrogen-bond acceptors (Lipinski definition) is 5. The van der Waals surface area contributed by atoms with E-state index in [1.54, 1.807) is 18.2 Å². The summed E-state index contributed by atoms with van der Waals surface area (Å²) in [5, 5.41) is 0.206. The second-order valence-corrected chi connectivity index (χ2v) is 9.78. The molecule has 3 rings (SSSR count). The molecule has 2 aromatic carbocycles. The number of para-hydroxylation sites is 1. The SMILES string of the molecule is CCS(=O)(=O)N[C@H](C)COc1cc(C(F)(F)F)ccc1C1CC(=O)c2cccc(Cl)c2O1. The van der Waals surface area contributed by atoms with E-state index in [1.165, 1.54) is 19.9 Å². The number of fused-ring (bicyclic) bond motifs is 1. The molecule has 0 amide bonds. The van der Waals surface area contributed by atoms with E-state index in [2.05, 4.69) is 4.72 Å². The molecule has 6 nitrogen and oxygen atoms in total. The fraction of sp³-hybridized carbons (Fsp3) is 0.381. The summed E-state index contributed by atoms with van der Waals surface area (Å²) in [6.07, 6.45) is -5.66. The quantitative estimate of drug-likeness (QED) is 0.603. The van der Waals surface area contributed by atoms with Gasteiger partial charge >= 0.3 is 6.18 Å². The first-order valence-corrected chi connectivity index (χ1v) is 11.8. The van der Waals surface area contributed by atoms with Crippen LogP contribution in [-0.2, 0) is 16.2 Å². The molecule has 174 valence electrons. The lowest BCUT2D eigenvalue weighted by Gasteiger charge is -2.28. The van der Waals surface area contributed by atoms with Gasteiger partial charge in [0.25, 0.3) is 0 Å². The maximum Gasteiger partial charge on any atom is 0.416 e. The van der Waals surface area contributed by atoms with Gasteiger partial charge in [-0.1, -0.05) is 23.7 Å². The molecule has 2 atom stereocenters. The summed E-state index contributed by atoms with van der Waals surface area (Å²) in [6, 6.07) is 6.89. The summed E-state index contributed by atoms with van der Waals surface area (Å²) in [6.45, 7) is 2.75. The van der Waals surface area contributed by atoms with Gasteiger partial charge < -0.3 is 9.47 Å². The zero-order valence-corrected chi connectivity index (χ0v) is 18.8. The van der Waals surface area contributed by atoms with E-state index in [4.69, 9.17) is 21.1 Å². The van der Waals surface area contributed by atoms with Gasteiger partial charge in [-0.2, -0.15) is 13.2 Å². The molecule has 1 N–H and O–H groups in total. The number of nitrogens with one attached hydrogen (secondary N) is 1. The third kappa shape index (κ3) is 5.54. The van der Waals surface area contributed by atoms with Crippen molar-refractivity contribution in [2.75, 3.05) is 12.4 Å². The number of rotatable bonds is 7. The van der Waals surface area contributed by atoms with Crippen LogP contribution < -0.4 is 14.2 Å². The van der Waals surface area contributed by atoms with E-state index in [1.807, 2.05) is 0 Å². The highest BCUT2D eigenvalue weighted by atomic mass is 35.5. The average molecular weight is 492 g/mol. The minimum Gasteiger partial charge on any atom is -0.491 e. The number of alkyl halides is 3. The molecule has 1 aliphatic rings. The third-order valence-electron chi connectivity index (χ3n) is 4.84. The first kappa shape index (κ1) is 24.3. The second kappa shape index (κ2) is 9.29. The van der Waals surface area contributed by atoms with E-state index in [0.29, 0.717) is 5.56 Å². The molecular weight excluding hydrogens is 471 g/mol. The summed E-state index contributed by atoms with van der Waals surface area (Å²) in [4.78, 5) is 12.6. The van der Waals surface area contributed by atoms with Crippen molar-refractivity contribution in [3.63, 3.8) is 0 Å². The maximum absolute atomic E-state index is 13.3. The number of benzene rings is 2. The average Bonchev–Trinajstić information content (AvgIpc) is 2.72. The molecule has 0 spiro atoms. The molecular formula is C21H21ClF3NO5S. The number of ketones is 1. The molecule has 0 saturated carbocycles. The van der Waals surface area contributed by atoms with Crippen LogP contribution in [0, 0.1) is 0 Å². The van der Waals surface area contributed by atoms with Crippen molar-refractivity contribution in [3.8, 4) is 11.5 Å². The number of carbonyl (C=O) groups is 1. The number of carbonyl (C=O) groups excluding carboxylic acids is 1. The smallest absolute Gasteiger partial charge is 0.416 e. The summed E-state index contributed by atoms with van der Waals surface area (Å²) >= 11 is 6.14. The molecule has 0 fully saturated rings. The fourth-order valence-electron chi connectivity index (χ4n) is 3.22. The predicted octanol–water partition coefficient (Wildman–Crippen LogP) is 4.77. The van der Waals surface area contributed by atoms with Crippen molar-refractivity contribution < 1.29 is 35.9 Å². The van der Waals surface area contributed by atoms with Gasteiger partial charge in [-0.05, 0) is 38.1 Å². The van der Waals surface area contributed by atoms with Gasteiger partial charge in [-0.25, -0.2) is 13.1 Å². The minimum atomic E-state index is -4.62. The largest absolute Gasteiger partial charge is 0.491 e. The van der Waals surface area contributed by atoms with Gasteiger partial charge in [0.05, 0.1) is 34.4 Å². The highest BCUT2D eigenvalue weighted by Crippen LogP contribution is 2.43. The Morgan fingerprint density at radius 2 is 2.00 bits per heavy atom. The highest BCUT2D eigenvalue weighted by Gasteiger charge is 2.35. The van der Waals surface area contributed by atoms with Crippen molar-refractivity contribution in [3.05, 3.63) is 58.1 Å². The lowest BCUT2D eigenvalue weighted by Crippen LogP contribution is -2.37. The molecule has 0 saturated heterocycles. The standard InChI is InChI=1S/C21H21ClF3NO5S/c1-3-32(28,29)26-12(2)11-30-18-9-13(21(23,24)25)7-8-15(18)19-10-17(27)14-5-4-6-16(22)20(14)31-19/h4-9,12,19,26H,3,10-11H2,1-2H3/t12-,19?/m1/s1. The molecule has 1 heterocycles. The Kier molecular flexibility index (Phi) is 7.06. The number of ether oxygens (including phenoxy) is 2. The Balaban J connectivity index is 1.92. The lowest BCUT2D eigenvalue weighted by molar-refractivity contribution is -0.137. The Hall–Kier alpha value is -2.30. The zero-order valence-electron chi connectivity index (χ0n) is 17.2. The van der Waals surface area contributed by atoms with Crippen LogP contribution in [0.25, 0.3) is 0 Å². The van der Waals surface area contributed by atoms with Crippen LogP contribution in [0.1, 0.15) is 47.9 Å². The third-order valence-corrected chi connectivity index (χ3v) is 6.65. The van der Waals surface area contributed by atoms with E-state index < -0.39 is 33.9 Å². The topological polar surface area (TPSA) is 81.7 Å². The van der Waals surface area contributed by atoms with Gasteiger partial charge in [0.2, 0.25) is 10.0 Å². The van der Waals surface area contributed by atoms with Crippen LogP contribution in [0.4, 0.5) is 13.2 Å². The maximum atomic E-state index is 13.3. The van der Waals surface area contributed by atoms with E-state index >= 15 is 0 Å². The number of Topliss-reactive ketones (excluding diaryl/α,β-unsaturated/α-hetero) is 1. The van der Waals surface area contributed by atoms with E-state index in [9.17, 15) is 26.4 Å². The van der Waals surface area contributed by atoms with Crippen LogP contribution in [-0.4, -0.2) is 32.6 Å². The molecule has 1 unspecified atom stereocenters. The van der Waals surface area contributed by atoms with Crippen molar-refractivity contribution in [1.82, 2.24) is 4.72 Å². The van der Waals surface area contributed by atoms with Crippen LogP contribution >= 0.6 is 11.6 Å². The molecule has 0 bridgehead atoms. The summed E-state index contributed by atoms with van der Waals surface area (Å²) in [5.74, 6) is -0.417. The predicted molar refractivity (Wildman–Crippen MR) is 113 cm³/mol. The molecule has 0 radical (unpaired) electrons. The zero-order chi connectivity index (χ0) is 23.7. The van der Waals surface area contributed by atoms with Crippen LogP contribution in [0.15, 0.2) is 36.4 Å². The van der Waals surface area contributed by atoms with Gasteiger partial charge in [-0.15, -0.1) is 0 Å². The van der Waals surface area contributed by atoms with E-state index in [-0.39, 0.29) is 46.6 Å². The molecule has 1 aliphatic heterocycles. The lowest BCUT2D eigenvalue weighted by atomic mass is 9.95.